The molecule has 2 aromatic rings. The molecule has 154 valence electrons. The fraction of sp³-hybridized carbons (Fsp3) is 0.278. The van der Waals surface area contributed by atoms with E-state index in [4.69, 9.17) is 0 Å². The smallest absolute Gasteiger partial charge is 0.406 e. The average Bonchev–Trinajstić information content (AvgIpc) is 2.58. The molecule has 0 aliphatic carbocycles. The zero-order chi connectivity index (χ0) is 21.0. The molecule has 2 heterocycles. The van der Waals surface area contributed by atoms with Crippen LogP contribution >= 0.6 is 0 Å². The van der Waals surface area contributed by atoms with Crippen molar-refractivity contribution in [1.82, 2.24) is 5.32 Å². The number of halogens is 6. The molecule has 0 bridgehead atoms. The topological polar surface area (TPSA) is 53.6 Å². The van der Waals surface area contributed by atoms with Gasteiger partial charge in [0, 0.05) is 24.5 Å². The molecule has 1 fully saturated rings. The largest absolute Gasteiger partial charge is 0.573 e. The van der Waals surface area contributed by atoms with Crippen LogP contribution in [0, 0.1) is 0 Å². The van der Waals surface area contributed by atoms with E-state index in [1.165, 1.54) is 17.0 Å². The number of hydrogen-bond acceptors (Lipinski definition) is 4. The third kappa shape index (κ3) is 3.46. The first kappa shape index (κ1) is 19.4. The van der Waals surface area contributed by atoms with Gasteiger partial charge >= 0.3 is 12.5 Å². The van der Waals surface area contributed by atoms with Gasteiger partial charge in [0.25, 0.3) is 5.91 Å². The summed E-state index contributed by atoms with van der Waals surface area (Å²) in [4.78, 5) is 14.4. The van der Waals surface area contributed by atoms with E-state index in [9.17, 15) is 31.1 Å². The Labute approximate surface area is 160 Å². The summed E-state index contributed by atoms with van der Waals surface area (Å²) in [6.07, 6.45) is -9.41. The van der Waals surface area contributed by atoms with Crippen molar-refractivity contribution in [3.63, 3.8) is 0 Å². The molecule has 0 atom stereocenters. The number of fused-ring (bicyclic) bond motifs is 1. The minimum atomic E-state index is -4.85. The molecule has 0 aromatic heterocycles. The van der Waals surface area contributed by atoms with Crippen LogP contribution in [0.5, 0.6) is 5.75 Å². The van der Waals surface area contributed by atoms with Crippen LogP contribution in [-0.4, -0.2) is 31.0 Å². The number of alkyl halides is 6. The van der Waals surface area contributed by atoms with Crippen LogP contribution in [0.1, 0.15) is 15.9 Å². The molecule has 11 heteroatoms. The summed E-state index contributed by atoms with van der Waals surface area (Å²) in [5, 5.41) is 5.94. The Kier molecular flexibility index (Phi) is 4.19. The zero-order valence-corrected chi connectivity index (χ0v) is 14.5. The third-order valence-electron chi connectivity index (χ3n) is 4.74. The summed E-state index contributed by atoms with van der Waals surface area (Å²) < 4.78 is 79.9. The first-order chi connectivity index (χ1) is 13.5. The highest BCUT2D eigenvalue weighted by atomic mass is 19.4. The fourth-order valence-electron chi connectivity index (χ4n) is 3.40. The van der Waals surface area contributed by atoms with Crippen LogP contribution in [-0.2, 0) is 6.18 Å². The molecule has 0 saturated carbocycles. The third-order valence-corrected chi connectivity index (χ3v) is 4.74. The highest BCUT2D eigenvalue weighted by molar-refractivity contribution is 6.13. The van der Waals surface area contributed by atoms with Crippen LogP contribution in [0.4, 0.5) is 37.7 Å². The summed E-state index contributed by atoms with van der Waals surface area (Å²) >= 11 is 0. The summed E-state index contributed by atoms with van der Waals surface area (Å²) in [5.74, 6) is -1.01. The van der Waals surface area contributed by atoms with Crippen molar-refractivity contribution >= 4 is 17.3 Å². The lowest BCUT2D eigenvalue weighted by Gasteiger charge is -2.54. The van der Waals surface area contributed by atoms with E-state index in [1.54, 1.807) is 0 Å². The number of rotatable bonds is 2. The number of hydrogen-bond donors (Lipinski definition) is 2. The summed E-state index contributed by atoms with van der Waals surface area (Å²) in [6, 6.07) is 7.49. The first-order valence-electron chi connectivity index (χ1n) is 8.39. The Morgan fingerprint density at radius 3 is 2.14 bits per heavy atom. The molecule has 5 nitrogen and oxygen atoms in total. The molecule has 1 amide bonds. The van der Waals surface area contributed by atoms with E-state index in [-0.39, 0.29) is 30.0 Å². The number of carbonyl (C=O) groups excluding carboxylic acids is 1. The first-order valence-corrected chi connectivity index (χ1v) is 8.39. The molecule has 2 aromatic carbocycles. The van der Waals surface area contributed by atoms with Crippen molar-refractivity contribution in [2.45, 2.75) is 18.2 Å². The van der Waals surface area contributed by atoms with Gasteiger partial charge in [-0.1, -0.05) is 0 Å². The molecule has 1 spiro atoms. The molecule has 2 aliphatic heterocycles. The van der Waals surface area contributed by atoms with Crippen LogP contribution < -0.4 is 20.3 Å². The molecule has 0 unspecified atom stereocenters. The van der Waals surface area contributed by atoms with Gasteiger partial charge in [-0.15, -0.1) is 13.2 Å². The van der Waals surface area contributed by atoms with E-state index in [0.29, 0.717) is 0 Å². The quantitative estimate of drug-likeness (QED) is 0.727. The lowest BCUT2D eigenvalue weighted by Crippen LogP contribution is -2.76. The summed E-state index contributed by atoms with van der Waals surface area (Å²) in [5.41, 5.74) is -1.54. The second-order valence-electron chi connectivity index (χ2n) is 6.70. The van der Waals surface area contributed by atoms with Crippen LogP contribution in [0.2, 0.25) is 0 Å². The van der Waals surface area contributed by atoms with Crippen molar-refractivity contribution in [2.75, 3.05) is 23.3 Å². The second kappa shape index (κ2) is 6.28. The Balaban J connectivity index is 1.70. The SMILES string of the molecule is O=C1c2ccc(C(F)(F)F)cc2NC2(CNC2)N1c1ccc(OC(F)(F)F)cc1. The van der Waals surface area contributed by atoms with Gasteiger partial charge < -0.3 is 15.4 Å². The number of nitrogens with one attached hydrogen (secondary N) is 2. The molecular formula is C18H13F6N3O2. The van der Waals surface area contributed by atoms with Crippen molar-refractivity contribution in [3.8, 4) is 5.75 Å². The standard InChI is InChI=1S/C18H13F6N3O2/c19-17(20,21)10-1-6-13-14(7-10)26-16(8-25-9-16)27(15(13)28)11-2-4-12(5-3-11)29-18(22,23)24/h1-7,25-26H,8-9H2. The molecule has 4 rings (SSSR count). The van der Waals surface area contributed by atoms with Crippen LogP contribution in [0.25, 0.3) is 0 Å². The van der Waals surface area contributed by atoms with Crippen molar-refractivity contribution in [2.24, 2.45) is 0 Å². The maximum Gasteiger partial charge on any atom is 0.573 e. The Morgan fingerprint density at radius 1 is 0.966 bits per heavy atom. The van der Waals surface area contributed by atoms with Crippen molar-refractivity contribution < 1.29 is 35.9 Å². The van der Waals surface area contributed by atoms with Gasteiger partial charge in [-0.3, -0.25) is 9.69 Å². The zero-order valence-electron chi connectivity index (χ0n) is 14.5. The molecule has 1 saturated heterocycles. The maximum absolute atomic E-state index is 13.1. The Hall–Kier alpha value is -2.95. The average molecular weight is 417 g/mol. The lowest BCUT2D eigenvalue weighted by molar-refractivity contribution is -0.274. The van der Waals surface area contributed by atoms with Gasteiger partial charge in [0.05, 0.1) is 11.1 Å². The van der Waals surface area contributed by atoms with E-state index >= 15 is 0 Å². The number of ether oxygens (including phenoxy) is 1. The molecular weight excluding hydrogens is 404 g/mol. The minimum Gasteiger partial charge on any atom is -0.406 e. The van der Waals surface area contributed by atoms with Gasteiger partial charge in [-0.25, -0.2) is 0 Å². The second-order valence-corrected chi connectivity index (χ2v) is 6.70. The monoisotopic (exact) mass is 417 g/mol. The molecule has 0 radical (unpaired) electrons. The maximum atomic E-state index is 13.1. The predicted molar refractivity (Wildman–Crippen MR) is 90.6 cm³/mol. The number of amides is 1. The van der Waals surface area contributed by atoms with Gasteiger partial charge in [-0.05, 0) is 42.5 Å². The molecule has 29 heavy (non-hydrogen) atoms. The van der Waals surface area contributed by atoms with E-state index in [0.717, 1.165) is 30.3 Å². The molecule has 2 N–H and O–H groups in total. The van der Waals surface area contributed by atoms with Gasteiger partial charge in [-0.2, -0.15) is 13.2 Å². The van der Waals surface area contributed by atoms with Gasteiger partial charge in [0.15, 0.2) is 0 Å². The fourth-order valence-corrected chi connectivity index (χ4v) is 3.40. The number of carbonyl (C=O) groups is 1. The van der Waals surface area contributed by atoms with Crippen molar-refractivity contribution in [1.29, 1.82) is 0 Å². The summed E-state index contributed by atoms with van der Waals surface area (Å²) in [6.45, 7) is 0.491. The van der Waals surface area contributed by atoms with Crippen LogP contribution in [0.15, 0.2) is 42.5 Å². The predicted octanol–water partition coefficient (Wildman–Crippen LogP) is 3.98. The van der Waals surface area contributed by atoms with E-state index in [2.05, 4.69) is 15.4 Å². The number of benzene rings is 2. The van der Waals surface area contributed by atoms with E-state index < -0.39 is 35.4 Å². The highest BCUT2D eigenvalue weighted by Crippen LogP contribution is 2.40. The summed E-state index contributed by atoms with van der Waals surface area (Å²) in [7, 11) is 0. The van der Waals surface area contributed by atoms with Gasteiger partial charge in [0.1, 0.15) is 11.4 Å². The number of anilines is 2. The van der Waals surface area contributed by atoms with Crippen molar-refractivity contribution in [3.05, 3.63) is 53.6 Å². The molecule has 2 aliphatic rings. The minimum absolute atomic E-state index is 0.0335. The van der Waals surface area contributed by atoms with Crippen LogP contribution in [0.3, 0.4) is 0 Å². The van der Waals surface area contributed by atoms with Gasteiger partial charge in [0.2, 0.25) is 0 Å². The number of nitrogens with zero attached hydrogens (tertiary/aromatic N) is 1. The lowest BCUT2D eigenvalue weighted by atomic mass is 9.92. The normalized spacial score (nSPS) is 18.1. The van der Waals surface area contributed by atoms with E-state index in [1.807, 2.05) is 0 Å². The Bertz CT molecular complexity index is 952. The highest BCUT2D eigenvalue weighted by Gasteiger charge is 2.50. The Morgan fingerprint density at radius 2 is 1.62 bits per heavy atom.